The first-order chi connectivity index (χ1) is 14.7. The maximum Gasteiger partial charge on any atom is 0.341 e. The molecule has 2 aromatic carbocycles. The lowest BCUT2D eigenvalue weighted by molar-refractivity contribution is -0.111. The van der Waals surface area contributed by atoms with E-state index in [1.807, 2.05) is 0 Å². The molecule has 1 N–H and O–H groups in total. The second-order valence-corrected chi connectivity index (χ2v) is 6.22. The first-order valence-electron chi connectivity index (χ1n) is 8.94. The minimum absolute atomic E-state index is 0.0107. The molecule has 2 rings (SSSR count). The Balaban J connectivity index is 1.89. The van der Waals surface area contributed by atoms with Gasteiger partial charge in [0.1, 0.15) is 24.8 Å². The van der Waals surface area contributed by atoms with Gasteiger partial charge in [-0.25, -0.2) is 14.0 Å². The van der Waals surface area contributed by atoms with Gasteiger partial charge in [0, 0.05) is 10.6 Å². The van der Waals surface area contributed by atoms with E-state index < -0.39 is 17.8 Å². The highest BCUT2D eigenvalue weighted by Gasteiger charge is 2.15. The van der Waals surface area contributed by atoms with Crippen molar-refractivity contribution in [2.24, 2.45) is 5.11 Å². The largest absolute Gasteiger partial charge is 0.512 e. The molecule has 0 aromatic heterocycles. The first-order valence-corrected chi connectivity index (χ1v) is 8.94. The van der Waals surface area contributed by atoms with Gasteiger partial charge in [0.15, 0.2) is 5.78 Å². The van der Waals surface area contributed by atoms with Crippen molar-refractivity contribution in [3.63, 3.8) is 0 Å². The van der Waals surface area contributed by atoms with E-state index >= 15 is 0 Å². The highest BCUT2D eigenvalue weighted by atomic mass is 19.1. The number of hydrogen-bond acceptors (Lipinski definition) is 7. The van der Waals surface area contributed by atoms with Crippen LogP contribution in [0.1, 0.15) is 40.1 Å². The Hall–Kier alpha value is -4.17. The Morgan fingerprint density at radius 1 is 1.00 bits per heavy atom. The molecule has 0 saturated heterocycles. The number of benzene rings is 2. The molecule has 9 nitrogen and oxygen atoms in total. The third-order valence-electron chi connectivity index (χ3n) is 4.01. The van der Waals surface area contributed by atoms with E-state index in [0.717, 1.165) is 12.1 Å². The normalized spacial score (nSPS) is 11.1. The zero-order chi connectivity index (χ0) is 23.0. The summed E-state index contributed by atoms with van der Waals surface area (Å²) in [6, 6.07) is 9.12. The summed E-state index contributed by atoms with van der Waals surface area (Å²) in [6.45, 7) is 2.14. The number of aliphatic hydroxyl groups is 1. The van der Waals surface area contributed by atoms with Crippen LogP contribution in [0.5, 0.6) is 0 Å². The minimum Gasteiger partial charge on any atom is -0.512 e. The molecule has 0 bridgehead atoms. The summed E-state index contributed by atoms with van der Waals surface area (Å²) >= 11 is 0. The number of esters is 2. The zero-order valence-corrected chi connectivity index (χ0v) is 16.7. The summed E-state index contributed by atoms with van der Waals surface area (Å²) in [4.78, 5) is 38.1. The summed E-state index contributed by atoms with van der Waals surface area (Å²) in [6.07, 6.45) is 0. The predicted octanol–water partition coefficient (Wildman–Crippen LogP) is 4.66. The number of aliphatic hydroxyl groups excluding tert-OH is 1. The van der Waals surface area contributed by atoms with Crippen LogP contribution in [-0.2, 0) is 14.3 Å². The molecule has 2 aromatic rings. The van der Waals surface area contributed by atoms with Crippen molar-refractivity contribution >= 4 is 29.0 Å². The van der Waals surface area contributed by atoms with Gasteiger partial charge in [0.25, 0.3) is 0 Å². The molecule has 0 radical (unpaired) electrons. The summed E-state index contributed by atoms with van der Waals surface area (Å²) < 4.78 is 23.7. The Kier molecular flexibility index (Phi) is 7.87. The number of ketones is 1. The smallest absolute Gasteiger partial charge is 0.341 e. The number of nitrogens with zero attached hydrogens (tertiary/aromatic N) is 3. The third-order valence-corrected chi connectivity index (χ3v) is 4.01. The van der Waals surface area contributed by atoms with Crippen molar-refractivity contribution in [1.29, 1.82) is 0 Å². The number of halogens is 1. The highest BCUT2D eigenvalue weighted by Crippen LogP contribution is 2.20. The molecule has 10 heteroatoms. The molecule has 0 atom stereocenters. The Labute approximate surface area is 176 Å². The van der Waals surface area contributed by atoms with Crippen molar-refractivity contribution < 1.29 is 33.4 Å². The molecule has 0 heterocycles. The number of ether oxygens (including phenoxy) is 2. The maximum atomic E-state index is 13.9. The number of azide groups is 1. The molecule has 0 aliphatic rings. The molecule has 0 amide bonds. The van der Waals surface area contributed by atoms with E-state index in [2.05, 4.69) is 10.0 Å². The van der Waals surface area contributed by atoms with Gasteiger partial charge in [-0.3, -0.25) is 4.79 Å². The lowest BCUT2D eigenvalue weighted by Gasteiger charge is -2.09. The fourth-order valence-electron chi connectivity index (χ4n) is 2.65. The van der Waals surface area contributed by atoms with Crippen LogP contribution in [0.15, 0.2) is 53.3 Å². The van der Waals surface area contributed by atoms with Crippen molar-refractivity contribution in [3.05, 3.63) is 81.2 Å². The molecular formula is C21H18FN3O6. The van der Waals surface area contributed by atoms with Crippen LogP contribution >= 0.6 is 0 Å². The van der Waals surface area contributed by atoms with Crippen LogP contribution in [0.3, 0.4) is 0 Å². The topological polar surface area (TPSA) is 139 Å². The number of hydrogen-bond donors (Lipinski definition) is 1. The van der Waals surface area contributed by atoms with E-state index in [0.29, 0.717) is 5.56 Å². The fraction of sp³-hybridized carbons (Fsp3) is 0.190. The highest BCUT2D eigenvalue weighted by molar-refractivity contribution is 6.20. The molecule has 0 saturated carbocycles. The fourth-order valence-corrected chi connectivity index (χ4v) is 2.65. The van der Waals surface area contributed by atoms with E-state index in [1.165, 1.54) is 44.2 Å². The van der Waals surface area contributed by atoms with Crippen LogP contribution in [0.4, 0.5) is 10.1 Å². The van der Waals surface area contributed by atoms with Crippen LogP contribution in [-0.4, -0.2) is 36.0 Å². The molecule has 0 unspecified atom stereocenters. The Bertz CT molecular complexity index is 1080. The summed E-state index contributed by atoms with van der Waals surface area (Å²) in [5.41, 5.74) is 8.76. The van der Waals surface area contributed by atoms with E-state index in [-0.39, 0.29) is 47.1 Å². The number of rotatable bonds is 8. The monoisotopic (exact) mass is 427 g/mol. The first kappa shape index (κ1) is 23.1. The summed E-state index contributed by atoms with van der Waals surface area (Å²) in [5.74, 6) is -3.02. The SMILES string of the molecule is CC(=O)/C(=C(/C)O)c1ccc(C(=O)OCCOC(=O)c2ccc(N=[N+]=[N-])cc2F)cc1. The van der Waals surface area contributed by atoms with Crippen molar-refractivity contribution in [3.8, 4) is 0 Å². The molecule has 0 spiro atoms. The standard InChI is InChI=1S/C21H18FN3O6/c1-12(26)19(13(2)27)14-3-5-15(6-4-14)20(28)30-9-10-31-21(29)17-8-7-16(24-25-23)11-18(17)22/h3-8,11,26H,9-10H2,1-2H3/b19-12+. The number of carbonyl (C=O) groups excluding carboxylic acids is 3. The predicted molar refractivity (Wildman–Crippen MR) is 108 cm³/mol. The molecule has 31 heavy (non-hydrogen) atoms. The second kappa shape index (κ2) is 10.6. The van der Waals surface area contributed by atoms with Gasteiger partial charge in [-0.2, -0.15) is 0 Å². The van der Waals surface area contributed by atoms with Gasteiger partial charge in [-0.1, -0.05) is 23.3 Å². The van der Waals surface area contributed by atoms with E-state index in [9.17, 15) is 23.9 Å². The third kappa shape index (κ3) is 6.15. The average Bonchev–Trinajstić information content (AvgIpc) is 2.71. The van der Waals surface area contributed by atoms with Gasteiger partial charge in [0.2, 0.25) is 0 Å². The van der Waals surface area contributed by atoms with Crippen LogP contribution < -0.4 is 0 Å². The van der Waals surface area contributed by atoms with E-state index in [1.54, 1.807) is 0 Å². The molecular weight excluding hydrogens is 409 g/mol. The molecule has 0 fully saturated rings. The lowest BCUT2D eigenvalue weighted by atomic mass is 10.00. The summed E-state index contributed by atoms with van der Waals surface area (Å²) in [5, 5.41) is 12.8. The van der Waals surface area contributed by atoms with Crippen molar-refractivity contribution in [2.75, 3.05) is 13.2 Å². The second-order valence-electron chi connectivity index (χ2n) is 6.22. The Morgan fingerprint density at radius 3 is 2.10 bits per heavy atom. The van der Waals surface area contributed by atoms with Gasteiger partial charge in [-0.15, -0.1) is 0 Å². The van der Waals surface area contributed by atoms with Crippen LogP contribution in [0, 0.1) is 5.82 Å². The number of allylic oxidation sites excluding steroid dienone is 2. The van der Waals surface area contributed by atoms with Crippen LogP contribution in [0.2, 0.25) is 0 Å². The molecule has 0 aliphatic carbocycles. The average molecular weight is 427 g/mol. The van der Waals surface area contributed by atoms with Crippen molar-refractivity contribution in [1.82, 2.24) is 0 Å². The maximum absolute atomic E-state index is 13.9. The van der Waals surface area contributed by atoms with Gasteiger partial charge >= 0.3 is 11.9 Å². The Morgan fingerprint density at radius 2 is 1.58 bits per heavy atom. The van der Waals surface area contributed by atoms with Crippen molar-refractivity contribution in [2.45, 2.75) is 13.8 Å². The van der Waals surface area contributed by atoms with Crippen LogP contribution in [0.25, 0.3) is 16.0 Å². The number of Topliss-reactive ketones (excluding diaryl/α,β-unsaturated/α-hetero) is 1. The van der Waals surface area contributed by atoms with Gasteiger partial charge < -0.3 is 14.6 Å². The minimum atomic E-state index is -0.965. The molecule has 0 aliphatic heterocycles. The quantitative estimate of drug-likeness (QED) is 0.124. The lowest BCUT2D eigenvalue weighted by Crippen LogP contribution is -2.15. The van der Waals surface area contributed by atoms with Gasteiger partial charge in [0.05, 0.1) is 16.7 Å². The van der Waals surface area contributed by atoms with Gasteiger partial charge in [-0.05, 0) is 49.2 Å². The zero-order valence-electron chi connectivity index (χ0n) is 16.7. The number of carbonyl (C=O) groups is 3. The van der Waals surface area contributed by atoms with E-state index in [4.69, 9.17) is 15.0 Å². The summed E-state index contributed by atoms with van der Waals surface area (Å²) in [7, 11) is 0. The molecule has 160 valence electrons.